The van der Waals surface area contributed by atoms with Crippen molar-refractivity contribution >= 4 is 49.8 Å². The molecule has 5 nitrogen and oxygen atoms in total. The van der Waals surface area contributed by atoms with Crippen molar-refractivity contribution in [3.05, 3.63) is 109 Å². The molecule has 2 heterocycles. The van der Waals surface area contributed by atoms with Crippen LogP contribution in [0.4, 0.5) is 5.69 Å². The van der Waals surface area contributed by atoms with E-state index in [2.05, 4.69) is 46.7 Å². The van der Waals surface area contributed by atoms with Crippen molar-refractivity contribution in [1.29, 1.82) is 0 Å². The van der Waals surface area contributed by atoms with Crippen molar-refractivity contribution in [3.63, 3.8) is 0 Å². The summed E-state index contributed by atoms with van der Waals surface area (Å²) in [6.45, 7) is 3.90. The molecule has 1 N–H and O–H groups in total. The minimum Gasteiger partial charge on any atom is -0.496 e. The molecule has 38 heavy (non-hydrogen) atoms. The second-order valence-corrected chi connectivity index (χ2v) is 9.33. The molecule has 0 fully saturated rings. The van der Waals surface area contributed by atoms with E-state index >= 15 is 0 Å². The lowest BCUT2D eigenvalue weighted by atomic mass is 9.94. The largest absolute Gasteiger partial charge is 0.496 e. The number of nitrogens with zero attached hydrogens (tertiary/aromatic N) is 1. The molecule has 6 aromatic rings. The highest BCUT2D eigenvalue weighted by atomic mass is 16.5. The maximum Gasteiger partial charge on any atom is 0.248 e. The molecule has 0 bridgehead atoms. The zero-order chi connectivity index (χ0) is 26.2. The number of ether oxygens (including phenoxy) is 1. The predicted molar refractivity (Wildman–Crippen MR) is 154 cm³/mol. The van der Waals surface area contributed by atoms with Crippen molar-refractivity contribution in [2.75, 3.05) is 12.4 Å². The van der Waals surface area contributed by atoms with Gasteiger partial charge in [-0.3, -0.25) is 9.78 Å². The lowest BCUT2D eigenvalue weighted by Gasteiger charge is -2.14. The van der Waals surface area contributed by atoms with Gasteiger partial charge in [-0.15, -0.1) is 0 Å². The summed E-state index contributed by atoms with van der Waals surface area (Å²) in [5.41, 5.74) is 6.80. The number of methoxy groups -OCH3 is 1. The number of carbonyl (C=O) groups is 1. The molecule has 5 heteroatoms. The van der Waals surface area contributed by atoms with E-state index in [4.69, 9.17) is 9.15 Å². The highest BCUT2D eigenvalue weighted by molar-refractivity contribution is 6.10. The van der Waals surface area contributed by atoms with Crippen LogP contribution in [-0.2, 0) is 4.79 Å². The fourth-order valence-electron chi connectivity index (χ4n) is 5.19. The number of fused-ring (bicyclic) bond motifs is 3. The first-order valence-corrected chi connectivity index (χ1v) is 12.5. The third kappa shape index (κ3) is 3.98. The average Bonchev–Trinajstić information content (AvgIpc) is 3.37. The number of amides is 1. The van der Waals surface area contributed by atoms with Crippen LogP contribution in [-0.4, -0.2) is 18.0 Å². The predicted octanol–water partition coefficient (Wildman–Crippen LogP) is 8.16. The van der Waals surface area contributed by atoms with E-state index < -0.39 is 0 Å². The van der Waals surface area contributed by atoms with Crippen LogP contribution in [0, 0.1) is 6.92 Å². The van der Waals surface area contributed by atoms with Crippen LogP contribution in [0.25, 0.3) is 49.3 Å². The molecule has 0 atom stereocenters. The van der Waals surface area contributed by atoms with Crippen LogP contribution in [0.5, 0.6) is 5.75 Å². The molecule has 4 aromatic carbocycles. The number of nitrogens with one attached hydrogen (secondary N) is 1. The smallest absolute Gasteiger partial charge is 0.248 e. The van der Waals surface area contributed by atoms with Crippen LogP contribution < -0.4 is 10.1 Å². The number of furan rings is 1. The minimum absolute atomic E-state index is 0.234. The van der Waals surface area contributed by atoms with Gasteiger partial charge >= 0.3 is 0 Å². The number of anilines is 1. The van der Waals surface area contributed by atoms with Gasteiger partial charge in [0.1, 0.15) is 11.3 Å². The zero-order valence-electron chi connectivity index (χ0n) is 21.4. The molecule has 2 aromatic heterocycles. The first kappa shape index (κ1) is 23.5. The van der Waals surface area contributed by atoms with E-state index in [1.54, 1.807) is 19.4 Å². The Morgan fingerprint density at radius 1 is 0.921 bits per heavy atom. The number of hydrogen-bond acceptors (Lipinski definition) is 4. The molecule has 1 amide bonds. The second kappa shape index (κ2) is 9.52. The fourth-order valence-corrected chi connectivity index (χ4v) is 5.19. The van der Waals surface area contributed by atoms with Crippen molar-refractivity contribution in [3.8, 4) is 16.9 Å². The van der Waals surface area contributed by atoms with Gasteiger partial charge in [0.05, 0.1) is 24.6 Å². The minimum atomic E-state index is -0.234. The number of hydrogen-bond donors (Lipinski definition) is 1. The normalized spacial score (nSPS) is 11.8. The van der Waals surface area contributed by atoms with E-state index in [1.807, 2.05) is 62.6 Å². The lowest BCUT2D eigenvalue weighted by molar-refractivity contribution is -0.111. The number of benzene rings is 4. The number of allylic oxidation sites excluding steroid dienone is 1. The molecule has 0 radical (unpaired) electrons. The summed E-state index contributed by atoms with van der Waals surface area (Å²) >= 11 is 0. The summed E-state index contributed by atoms with van der Waals surface area (Å²) in [4.78, 5) is 17.5. The van der Waals surface area contributed by atoms with Gasteiger partial charge in [-0.2, -0.15) is 0 Å². The number of rotatable bonds is 5. The third-order valence-electron chi connectivity index (χ3n) is 6.99. The highest BCUT2D eigenvalue weighted by Crippen LogP contribution is 2.42. The fraction of sp³-hybridized carbons (Fsp3) is 0.0909. The highest BCUT2D eigenvalue weighted by Gasteiger charge is 2.20. The van der Waals surface area contributed by atoms with E-state index in [-0.39, 0.29) is 5.91 Å². The molecular formula is C33H26N2O3. The van der Waals surface area contributed by atoms with Gasteiger partial charge in [-0.05, 0) is 54.0 Å². The molecular weight excluding hydrogens is 472 g/mol. The maximum atomic E-state index is 13.1. The molecule has 6 rings (SSSR count). The van der Waals surface area contributed by atoms with Crippen LogP contribution >= 0.6 is 0 Å². The second-order valence-electron chi connectivity index (χ2n) is 9.33. The summed E-state index contributed by atoms with van der Waals surface area (Å²) in [6.07, 6.45) is 5.13. The topological polar surface area (TPSA) is 64.4 Å². The van der Waals surface area contributed by atoms with Gasteiger partial charge in [0.15, 0.2) is 0 Å². The summed E-state index contributed by atoms with van der Waals surface area (Å²) in [5, 5.41) is 7.25. The van der Waals surface area contributed by atoms with Crippen molar-refractivity contribution < 1.29 is 13.9 Å². The van der Waals surface area contributed by atoms with E-state index in [9.17, 15) is 4.79 Å². The van der Waals surface area contributed by atoms with Gasteiger partial charge in [0, 0.05) is 39.7 Å². The van der Waals surface area contributed by atoms with E-state index in [0.717, 1.165) is 55.1 Å². The zero-order valence-corrected chi connectivity index (χ0v) is 21.4. The summed E-state index contributed by atoms with van der Waals surface area (Å²) < 4.78 is 11.9. The number of aromatic nitrogens is 1. The Labute approximate surface area is 220 Å². The number of para-hydroxylation sites is 1. The van der Waals surface area contributed by atoms with Crippen molar-refractivity contribution in [2.45, 2.75) is 13.8 Å². The Morgan fingerprint density at radius 3 is 2.55 bits per heavy atom. The maximum absolute atomic E-state index is 13.1. The lowest BCUT2D eigenvalue weighted by Crippen LogP contribution is -2.09. The number of pyridine rings is 1. The van der Waals surface area contributed by atoms with Crippen molar-refractivity contribution in [1.82, 2.24) is 4.98 Å². The SMILES string of the molecule is COc1c(/C(C)=C/C(=O)Nc2cccc3cccnc23)cc2c(-c3cccc4ccccc34)coc2c1C. The summed E-state index contributed by atoms with van der Waals surface area (Å²) in [6, 6.07) is 26.2. The van der Waals surface area contributed by atoms with Gasteiger partial charge in [-0.1, -0.05) is 60.7 Å². The Bertz CT molecular complexity index is 1870. The average molecular weight is 499 g/mol. The molecule has 186 valence electrons. The molecule has 0 saturated heterocycles. The van der Waals surface area contributed by atoms with Crippen molar-refractivity contribution in [2.24, 2.45) is 0 Å². The van der Waals surface area contributed by atoms with Crippen LogP contribution in [0.1, 0.15) is 18.1 Å². The van der Waals surface area contributed by atoms with Gasteiger partial charge in [0.25, 0.3) is 0 Å². The first-order valence-electron chi connectivity index (χ1n) is 12.5. The molecule has 0 aliphatic carbocycles. The van der Waals surface area contributed by atoms with Crippen LogP contribution in [0.15, 0.2) is 102 Å². The number of aryl methyl sites for hydroxylation is 1. The Balaban J connectivity index is 1.44. The Kier molecular flexibility index (Phi) is 5.89. The third-order valence-corrected chi connectivity index (χ3v) is 6.99. The molecule has 0 unspecified atom stereocenters. The molecule has 0 saturated carbocycles. The number of carbonyl (C=O) groups excluding carboxylic acids is 1. The summed E-state index contributed by atoms with van der Waals surface area (Å²) in [7, 11) is 1.64. The monoisotopic (exact) mass is 498 g/mol. The molecule has 0 aliphatic rings. The standard InChI is InChI=1S/C33H26N2O3/c1-20(17-30(36)35-29-15-7-11-23-12-8-16-34-31(23)29)26-18-27-28(19-38-33(27)21(2)32(26)37-3)25-14-6-10-22-9-4-5-13-24(22)25/h4-19H,1-3H3,(H,35,36)/b20-17+. The Morgan fingerprint density at radius 2 is 1.68 bits per heavy atom. The van der Waals surface area contributed by atoms with Gasteiger partial charge < -0.3 is 14.5 Å². The van der Waals surface area contributed by atoms with Gasteiger partial charge in [-0.25, -0.2) is 0 Å². The van der Waals surface area contributed by atoms with Crippen LogP contribution in [0.2, 0.25) is 0 Å². The van der Waals surface area contributed by atoms with E-state index in [1.165, 1.54) is 5.39 Å². The van der Waals surface area contributed by atoms with Crippen LogP contribution in [0.3, 0.4) is 0 Å². The quantitative estimate of drug-likeness (QED) is 0.244. The Hall–Kier alpha value is -4.90. The summed E-state index contributed by atoms with van der Waals surface area (Å²) in [5.74, 6) is 0.451. The van der Waals surface area contributed by atoms with E-state index in [0.29, 0.717) is 11.4 Å². The van der Waals surface area contributed by atoms with Gasteiger partial charge in [0.2, 0.25) is 5.91 Å². The molecule has 0 spiro atoms. The molecule has 0 aliphatic heterocycles. The first-order chi connectivity index (χ1) is 18.5.